The van der Waals surface area contributed by atoms with Crippen LogP contribution in [0.5, 0.6) is 11.6 Å². The van der Waals surface area contributed by atoms with Gasteiger partial charge in [-0.05, 0) is 36.8 Å². The van der Waals surface area contributed by atoms with Crippen LogP contribution in [0.3, 0.4) is 0 Å². The van der Waals surface area contributed by atoms with Crippen molar-refractivity contribution in [3.8, 4) is 22.9 Å². The number of halogens is 1. The second-order valence-electron chi connectivity index (χ2n) is 8.01. The molecule has 184 valence electrons. The van der Waals surface area contributed by atoms with Crippen LogP contribution in [0.1, 0.15) is 12.5 Å². The number of nitrogens with zero attached hydrogens (tertiary/aromatic N) is 5. The van der Waals surface area contributed by atoms with E-state index in [2.05, 4.69) is 52.6 Å². The molecule has 0 spiro atoms. The molecular weight excluding hydrogens is 468 g/mol. The highest BCUT2D eigenvalue weighted by molar-refractivity contribution is 5.85. The molecule has 4 heterocycles. The lowest BCUT2D eigenvalue weighted by atomic mass is 10.1. The number of hydrogen-bond acceptors (Lipinski definition) is 9. The number of H-pyrrole nitrogens is 1. The molecule has 1 fully saturated rings. The highest BCUT2D eigenvalue weighted by Gasteiger charge is 2.16. The van der Waals surface area contributed by atoms with Crippen LogP contribution in [0.2, 0.25) is 0 Å². The minimum atomic E-state index is 0. The Morgan fingerprint density at radius 3 is 2.74 bits per heavy atom. The summed E-state index contributed by atoms with van der Waals surface area (Å²) in [7, 11) is 1.59. The van der Waals surface area contributed by atoms with E-state index in [0.29, 0.717) is 29.9 Å². The van der Waals surface area contributed by atoms with Gasteiger partial charge in [0.25, 0.3) is 5.88 Å². The lowest BCUT2D eigenvalue weighted by Gasteiger charge is -2.27. The number of benzene rings is 1. The fourth-order valence-electron chi connectivity index (χ4n) is 4.09. The number of ether oxygens (including phenoxy) is 2. The zero-order chi connectivity index (χ0) is 23.3. The average Bonchev–Trinajstić information content (AvgIpc) is 3.26. The first-order chi connectivity index (χ1) is 16.7. The van der Waals surface area contributed by atoms with Crippen LogP contribution < -0.4 is 20.1 Å². The summed E-state index contributed by atoms with van der Waals surface area (Å²) in [4.78, 5) is 23.5. The maximum atomic E-state index is 5.59. The largest absolute Gasteiger partial charge is 0.490 e. The van der Waals surface area contributed by atoms with Gasteiger partial charge in [-0.3, -0.25) is 4.90 Å². The van der Waals surface area contributed by atoms with Gasteiger partial charge < -0.3 is 25.1 Å². The van der Waals surface area contributed by atoms with Crippen LogP contribution in [0, 0.1) is 0 Å². The third-order valence-electron chi connectivity index (χ3n) is 5.70. The Labute approximate surface area is 209 Å². The number of piperazine rings is 1. The van der Waals surface area contributed by atoms with E-state index in [0.717, 1.165) is 55.1 Å². The molecule has 0 aliphatic carbocycles. The molecule has 5 rings (SSSR count). The summed E-state index contributed by atoms with van der Waals surface area (Å²) in [5.41, 5.74) is 4.46. The summed E-state index contributed by atoms with van der Waals surface area (Å²) in [5, 5.41) is 6.69. The van der Waals surface area contributed by atoms with Crippen LogP contribution in [0.25, 0.3) is 22.3 Å². The smallest absolute Gasteiger partial charge is 0.260 e. The molecule has 10 nitrogen and oxygen atoms in total. The molecular formula is C24H29ClN8O2. The minimum Gasteiger partial charge on any atom is -0.490 e. The van der Waals surface area contributed by atoms with E-state index in [1.54, 1.807) is 7.11 Å². The van der Waals surface area contributed by atoms with E-state index in [4.69, 9.17) is 9.47 Å². The van der Waals surface area contributed by atoms with Crippen molar-refractivity contribution in [2.24, 2.45) is 0 Å². The molecule has 4 aromatic rings. The van der Waals surface area contributed by atoms with Gasteiger partial charge in [-0.1, -0.05) is 6.07 Å². The molecule has 0 bridgehead atoms. The number of hydrogen-bond donors (Lipinski definition) is 3. The van der Waals surface area contributed by atoms with E-state index in [-0.39, 0.29) is 12.4 Å². The maximum Gasteiger partial charge on any atom is 0.260 e. The normalized spacial score (nSPS) is 13.9. The molecule has 0 radical (unpaired) electrons. The van der Waals surface area contributed by atoms with Crippen LogP contribution in [-0.4, -0.2) is 69.7 Å². The van der Waals surface area contributed by atoms with Gasteiger partial charge in [0.05, 0.1) is 24.8 Å². The fraction of sp³-hybridized carbons (Fsp3) is 0.333. The first-order valence-electron chi connectivity index (χ1n) is 11.4. The lowest BCUT2D eigenvalue weighted by molar-refractivity contribution is 0.233. The van der Waals surface area contributed by atoms with Crippen LogP contribution >= 0.6 is 12.4 Å². The van der Waals surface area contributed by atoms with Gasteiger partial charge >= 0.3 is 0 Å². The monoisotopic (exact) mass is 496 g/mol. The zero-order valence-corrected chi connectivity index (χ0v) is 20.6. The average molecular weight is 497 g/mol. The van der Waals surface area contributed by atoms with Crippen molar-refractivity contribution in [2.75, 3.05) is 45.2 Å². The Morgan fingerprint density at radius 2 is 1.94 bits per heavy atom. The Balaban J connectivity index is 0.00000289. The fourth-order valence-corrected chi connectivity index (χ4v) is 4.09. The number of nitrogens with one attached hydrogen (secondary N) is 3. The topological polar surface area (TPSA) is 113 Å². The zero-order valence-electron chi connectivity index (χ0n) is 19.7. The van der Waals surface area contributed by atoms with Gasteiger partial charge in [0.2, 0.25) is 11.7 Å². The molecule has 0 saturated carbocycles. The quantitative estimate of drug-likeness (QED) is 0.337. The minimum absolute atomic E-state index is 0. The molecule has 1 aliphatic rings. The third-order valence-corrected chi connectivity index (χ3v) is 5.70. The number of aromatic amines is 1. The summed E-state index contributed by atoms with van der Waals surface area (Å²) in [6.45, 7) is 7.48. The molecule has 0 unspecified atom stereocenters. The van der Waals surface area contributed by atoms with Crippen molar-refractivity contribution in [1.29, 1.82) is 0 Å². The summed E-state index contributed by atoms with van der Waals surface area (Å²) < 4.78 is 11.1. The van der Waals surface area contributed by atoms with E-state index in [9.17, 15) is 0 Å². The molecule has 11 heteroatoms. The van der Waals surface area contributed by atoms with Gasteiger partial charge in [-0.15, -0.1) is 12.4 Å². The van der Waals surface area contributed by atoms with Crippen molar-refractivity contribution >= 4 is 35.2 Å². The van der Waals surface area contributed by atoms with Gasteiger partial charge in [0.1, 0.15) is 17.8 Å². The van der Waals surface area contributed by atoms with Gasteiger partial charge in [0, 0.05) is 44.5 Å². The van der Waals surface area contributed by atoms with E-state index < -0.39 is 0 Å². The molecule has 1 aromatic carbocycles. The van der Waals surface area contributed by atoms with Crippen molar-refractivity contribution in [3.05, 3.63) is 48.4 Å². The number of methoxy groups -OCH3 is 1. The Kier molecular flexibility index (Phi) is 7.96. The standard InChI is InChI=1S/C24H28N8O2.ClH/c1-3-34-23-22(33-2)21(27-15-28-23)17-4-5-18-19(13-17)30-24(29-18)31-20-12-16(6-7-26-20)14-32-10-8-25-9-11-32;/h4-7,12-13,15,25H,3,8-11,14H2,1-2H3,(H2,26,29,30,31);1H. The summed E-state index contributed by atoms with van der Waals surface area (Å²) in [5.74, 6) is 2.32. The first-order valence-corrected chi connectivity index (χ1v) is 11.4. The number of anilines is 2. The number of rotatable bonds is 8. The van der Waals surface area contributed by atoms with Crippen molar-refractivity contribution in [3.63, 3.8) is 0 Å². The number of imidazole rings is 1. The second-order valence-corrected chi connectivity index (χ2v) is 8.01. The van der Waals surface area contributed by atoms with Crippen LogP contribution in [-0.2, 0) is 6.54 Å². The second kappa shape index (κ2) is 11.3. The molecule has 3 aromatic heterocycles. The molecule has 35 heavy (non-hydrogen) atoms. The van der Waals surface area contributed by atoms with Crippen LogP contribution in [0.15, 0.2) is 42.9 Å². The predicted octanol–water partition coefficient (Wildman–Crippen LogP) is 3.39. The van der Waals surface area contributed by atoms with Crippen molar-refractivity contribution in [1.82, 2.24) is 35.1 Å². The van der Waals surface area contributed by atoms with Crippen molar-refractivity contribution in [2.45, 2.75) is 13.5 Å². The van der Waals surface area contributed by atoms with Gasteiger partial charge in [0.15, 0.2) is 0 Å². The van der Waals surface area contributed by atoms with Crippen molar-refractivity contribution < 1.29 is 9.47 Å². The molecule has 1 saturated heterocycles. The van der Waals surface area contributed by atoms with E-state index in [1.165, 1.54) is 11.9 Å². The highest BCUT2D eigenvalue weighted by atomic mass is 35.5. The van der Waals surface area contributed by atoms with Gasteiger partial charge in [-0.25, -0.2) is 15.0 Å². The summed E-state index contributed by atoms with van der Waals surface area (Å²) in [6, 6.07) is 10.0. The van der Waals surface area contributed by atoms with E-state index in [1.807, 2.05) is 31.3 Å². The molecule has 0 amide bonds. The third kappa shape index (κ3) is 5.61. The Bertz CT molecular complexity index is 1280. The summed E-state index contributed by atoms with van der Waals surface area (Å²) >= 11 is 0. The number of pyridine rings is 1. The van der Waals surface area contributed by atoms with E-state index >= 15 is 0 Å². The van der Waals surface area contributed by atoms with Gasteiger partial charge in [-0.2, -0.15) is 4.98 Å². The highest BCUT2D eigenvalue weighted by Crippen LogP contribution is 2.35. The summed E-state index contributed by atoms with van der Waals surface area (Å²) in [6.07, 6.45) is 3.31. The molecule has 0 atom stereocenters. The Morgan fingerprint density at radius 1 is 1.09 bits per heavy atom. The maximum absolute atomic E-state index is 5.59. The SMILES string of the molecule is CCOc1ncnc(-c2ccc3nc(Nc4cc(CN5CCNCC5)ccn4)[nH]c3c2)c1OC.Cl. The Hall–Kier alpha value is -3.47. The first kappa shape index (κ1) is 24.6. The number of aromatic nitrogens is 5. The predicted molar refractivity (Wildman–Crippen MR) is 138 cm³/mol. The van der Waals surface area contributed by atoms with Crippen LogP contribution in [0.4, 0.5) is 11.8 Å². The molecule has 1 aliphatic heterocycles. The number of fused-ring (bicyclic) bond motifs is 1. The lowest BCUT2D eigenvalue weighted by Crippen LogP contribution is -2.42. The molecule has 3 N–H and O–H groups in total.